The molecular weight excluding hydrogens is 356 g/mol. The molecular formula is C20H23F2NO4. The molecule has 2 aromatic carbocycles. The SMILES string of the molecule is CCN(C(=O)c1ccc(OC(F)F)c(OC)c1)C(C)c1cccc(OC)c1. The Kier molecular flexibility index (Phi) is 6.98. The molecule has 2 aromatic rings. The lowest BCUT2D eigenvalue weighted by Crippen LogP contribution is -2.33. The van der Waals surface area contributed by atoms with E-state index in [0.29, 0.717) is 17.9 Å². The van der Waals surface area contributed by atoms with Gasteiger partial charge in [0.05, 0.1) is 20.3 Å². The predicted octanol–water partition coefficient (Wildman–Crippen LogP) is 4.53. The number of hydrogen-bond acceptors (Lipinski definition) is 4. The summed E-state index contributed by atoms with van der Waals surface area (Å²) in [6, 6.07) is 11.4. The Labute approximate surface area is 157 Å². The summed E-state index contributed by atoms with van der Waals surface area (Å²) >= 11 is 0. The molecule has 7 heteroatoms. The van der Waals surface area contributed by atoms with Gasteiger partial charge in [0.25, 0.3) is 5.91 Å². The molecule has 0 radical (unpaired) electrons. The zero-order valence-electron chi connectivity index (χ0n) is 15.7. The van der Waals surface area contributed by atoms with Gasteiger partial charge in [0.15, 0.2) is 11.5 Å². The van der Waals surface area contributed by atoms with Gasteiger partial charge in [0, 0.05) is 12.1 Å². The number of rotatable bonds is 8. The lowest BCUT2D eigenvalue weighted by atomic mass is 10.0. The monoisotopic (exact) mass is 379 g/mol. The molecule has 5 nitrogen and oxygen atoms in total. The average molecular weight is 379 g/mol. The number of carbonyl (C=O) groups is 1. The van der Waals surface area contributed by atoms with E-state index in [4.69, 9.17) is 9.47 Å². The maximum atomic E-state index is 13.0. The Morgan fingerprint density at radius 3 is 2.41 bits per heavy atom. The quantitative estimate of drug-likeness (QED) is 0.676. The van der Waals surface area contributed by atoms with Crippen LogP contribution in [0.1, 0.15) is 35.8 Å². The zero-order chi connectivity index (χ0) is 20.0. The minimum absolute atomic E-state index is 0.0752. The molecule has 0 aliphatic rings. The second-order valence-electron chi connectivity index (χ2n) is 5.79. The molecule has 0 aliphatic heterocycles. The molecule has 0 saturated heterocycles. The average Bonchev–Trinajstić information content (AvgIpc) is 2.68. The van der Waals surface area contributed by atoms with E-state index in [1.54, 1.807) is 12.0 Å². The summed E-state index contributed by atoms with van der Waals surface area (Å²) in [5, 5.41) is 0. The molecule has 146 valence electrons. The van der Waals surface area contributed by atoms with Crippen LogP contribution in [0, 0.1) is 0 Å². The first-order valence-corrected chi connectivity index (χ1v) is 8.49. The number of amides is 1. The smallest absolute Gasteiger partial charge is 0.387 e. The van der Waals surface area contributed by atoms with Crippen LogP contribution < -0.4 is 14.2 Å². The van der Waals surface area contributed by atoms with Crippen LogP contribution in [-0.2, 0) is 0 Å². The lowest BCUT2D eigenvalue weighted by molar-refractivity contribution is -0.0512. The molecule has 1 amide bonds. The maximum absolute atomic E-state index is 13.0. The summed E-state index contributed by atoms with van der Waals surface area (Å²) in [6.45, 7) is 1.29. The van der Waals surface area contributed by atoms with Crippen LogP contribution in [0.2, 0.25) is 0 Å². The molecule has 1 unspecified atom stereocenters. The van der Waals surface area contributed by atoms with Crippen LogP contribution in [0.5, 0.6) is 17.2 Å². The summed E-state index contributed by atoms with van der Waals surface area (Å²) in [6.07, 6.45) is 0. The van der Waals surface area contributed by atoms with Crippen LogP contribution in [0.4, 0.5) is 8.78 Å². The first-order valence-electron chi connectivity index (χ1n) is 8.49. The molecule has 0 bridgehead atoms. The number of alkyl halides is 2. The van der Waals surface area contributed by atoms with Gasteiger partial charge in [-0.05, 0) is 49.7 Å². The molecule has 1 atom stereocenters. The fraction of sp³-hybridized carbons (Fsp3) is 0.350. The van der Waals surface area contributed by atoms with Gasteiger partial charge in [-0.1, -0.05) is 12.1 Å². The van der Waals surface area contributed by atoms with Crippen molar-refractivity contribution in [1.29, 1.82) is 0 Å². The summed E-state index contributed by atoms with van der Waals surface area (Å²) in [4.78, 5) is 14.7. The maximum Gasteiger partial charge on any atom is 0.387 e. The minimum atomic E-state index is -2.97. The number of benzene rings is 2. The van der Waals surface area contributed by atoms with Crippen LogP contribution in [-0.4, -0.2) is 38.2 Å². The fourth-order valence-electron chi connectivity index (χ4n) is 2.83. The van der Waals surface area contributed by atoms with Crippen LogP contribution >= 0.6 is 0 Å². The topological polar surface area (TPSA) is 48.0 Å². The summed E-state index contributed by atoms with van der Waals surface area (Å²) in [5.41, 5.74) is 1.25. The first-order chi connectivity index (χ1) is 12.9. The van der Waals surface area contributed by atoms with E-state index in [1.165, 1.54) is 25.3 Å². The minimum Gasteiger partial charge on any atom is -0.497 e. The highest BCUT2D eigenvalue weighted by atomic mass is 19.3. The molecule has 0 fully saturated rings. The zero-order valence-corrected chi connectivity index (χ0v) is 15.7. The normalized spacial score (nSPS) is 11.8. The van der Waals surface area contributed by atoms with Crippen LogP contribution in [0.3, 0.4) is 0 Å². The summed E-state index contributed by atoms with van der Waals surface area (Å²) in [7, 11) is 2.92. The second-order valence-corrected chi connectivity index (χ2v) is 5.79. The van der Waals surface area contributed by atoms with Crippen LogP contribution in [0.25, 0.3) is 0 Å². The number of hydrogen-bond donors (Lipinski definition) is 0. The van der Waals surface area contributed by atoms with Gasteiger partial charge in [0.1, 0.15) is 5.75 Å². The lowest BCUT2D eigenvalue weighted by Gasteiger charge is -2.29. The molecule has 27 heavy (non-hydrogen) atoms. The van der Waals surface area contributed by atoms with E-state index < -0.39 is 6.61 Å². The van der Waals surface area contributed by atoms with E-state index in [1.807, 2.05) is 38.1 Å². The number of nitrogens with zero attached hydrogens (tertiary/aromatic N) is 1. The molecule has 0 saturated carbocycles. The number of ether oxygens (including phenoxy) is 3. The largest absolute Gasteiger partial charge is 0.497 e. The highest BCUT2D eigenvalue weighted by molar-refractivity contribution is 5.95. The molecule has 0 aromatic heterocycles. The summed E-state index contributed by atoms with van der Waals surface area (Å²) in [5.74, 6) is 0.423. The Balaban J connectivity index is 2.30. The molecule has 0 aliphatic carbocycles. The van der Waals surface area contributed by atoms with Gasteiger partial charge in [-0.25, -0.2) is 0 Å². The number of methoxy groups -OCH3 is 2. The second kappa shape index (κ2) is 9.21. The van der Waals surface area contributed by atoms with Crippen molar-refractivity contribution < 1.29 is 27.8 Å². The molecule has 0 N–H and O–H groups in total. The van der Waals surface area contributed by atoms with Crippen LogP contribution in [0.15, 0.2) is 42.5 Å². The van der Waals surface area contributed by atoms with Crippen molar-refractivity contribution in [1.82, 2.24) is 4.90 Å². The van der Waals surface area contributed by atoms with E-state index >= 15 is 0 Å². The third kappa shape index (κ3) is 4.87. The van der Waals surface area contributed by atoms with E-state index in [-0.39, 0.29) is 23.4 Å². The van der Waals surface area contributed by atoms with Gasteiger partial charge in [0.2, 0.25) is 0 Å². The Morgan fingerprint density at radius 2 is 1.81 bits per heavy atom. The van der Waals surface area contributed by atoms with Crippen molar-refractivity contribution in [3.05, 3.63) is 53.6 Å². The van der Waals surface area contributed by atoms with Gasteiger partial charge in [-0.3, -0.25) is 4.79 Å². The van der Waals surface area contributed by atoms with Crippen molar-refractivity contribution in [2.45, 2.75) is 26.5 Å². The fourth-order valence-corrected chi connectivity index (χ4v) is 2.83. The van der Waals surface area contributed by atoms with E-state index in [0.717, 1.165) is 5.56 Å². The van der Waals surface area contributed by atoms with E-state index in [2.05, 4.69) is 4.74 Å². The van der Waals surface area contributed by atoms with Crippen molar-refractivity contribution >= 4 is 5.91 Å². The van der Waals surface area contributed by atoms with Gasteiger partial charge < -0.3 is 19.1 Å². The molecule has 2 rings (SSSR count). The van der Waals surface area contributed by atoms with Crippen molar-refractivity contribution in [2.75, 3.05) is 20.8 Å². The highest BCUT2D eigenvalue weighted by Gasteiger charge is 2.23. The van der Waals surface area contributed by atoms with Crippen molar-refractivity contribution in [3.8, 4) is 17.2 Å². The predicted molar refractivity (Wildman–Crippen MR) is 97.7 cm³/mol. The van der Waals surface area contributed by atoms with Crippen molar-refractivity contribution in [2.24, 2.45) is 0 Å². The van der Waals surface area contributed by atoms with Gasteiger partial charge in [-0.2, -0.15) is 8.78 Å². The van der Waals surface area contributed by atoms with Crippen molar-refractivity contribution in [3.63, 3.8) is 0 Å². The Bertz CT molecular complexity index is 782. The Hall–Kier alpha value is -2.83. The number of carbonyl (C=O) groups excluding carboxylic acids is 1. The third-order valence-corrected chi connectivity index (χ3v) is 4.27. The Morgan fingerprint density at radius 1 is 1.07 bits per heavy atom. The molecule has 0 spiro atoms. The third-order valence-electron chi connectivity index (χ3n) is 4.27. The standard InChI is InChI=1S/C20H23F2NO4/c1-5-23(13(2)14-7-6-8-16(11-14)25-3)19(24)15-9-10-17(27-20(21)22)18(12-15)26-4/h6-13,20H,5H2,1-4H3. The van der Waals surface area contributed by atoms with Gasteiger partial charge >= 0.3 is 6.61 Å². The first kappa shape index (κ1) is 20.5. The highest BCUT2D eigenvalue weighted by Crippen LogP contribution is 2.31. The van der Waals surface area contributed by atoms with Gasteiger partial charge in [-0.15, -0.1) is 0 Å². The number of halogens is 2. The molecule has 0 heterocycles. The van der Waals surface area contributed by atoms with E-state index in [9.17, 15) is 13.6 Å². The summed E-state index contributed by atoms with van der Waals surface area (Å²) < 4.78 is 39.7.